The Hall–Kier alpha value is -3.66. The minimum atomic E-state index is -0.672. The summed E-state index contributed by atoms with van der Waals surface area (Å²) >= 11 is 1.37. The molecule has 1 aliphatic heterocycles. The molecule has 2 aromatic heterocycles. The predicted molar refractivity (Wildman–Crippen MR) is 143 cm³/mol. The van der Waals surface area contributed by atoms with Gasteiger partial charge in [0.1, 0.15) is 11.1 Å². The fraction of sp³-hybridized carbons (Fsp3) is 0.192. The normalized spacial score (nSPS) is 12.4. The number of carbonyl (C=O) groups excluding carboxylic acids is 1. The van der Waals surface area contributed by atoms with E-state index in [-0.39, 0.29) is 24.8 Å². The van der Waals surface area contributed by atoms with Crippen molar-refractivity contribution in [1.29, 1.82) is 0 Å². The Morgan fingerprint density at radius 2 is 1.78 bits per heavy atom. The summed E-state index contributed by atoms with van der Waals surface area (Å²) in [5, 5.41) is 3.12. The van der Waals surface area contributed by atoms with Crippen LogP contribution in [0.1, 0.15) is 10.4 Å². The topological polar surface area (TPSA) is 85.1 Å². The van der Waals surface area contributed by atoms with E-state index in [0.717, 1.165) is 15.5 Å². The summed E-state index contributed by atoms with van der Waals surface area (Å²) in [7, 11) is 3.85. The highest BCUT2D eigenvalue weighted by Gasteiger charge is 2.26. The zero-order chi connectivity index (χ0) is 24.1. The van der Waals surface area contributed by atoms with Crippen LogP contribution in [0.25, 0.3) is 32.0 Å². The summed E-state index contributed by atoms with van der Waals surface area (Å²) in [6.07, 6.45) is 0. The van der Waals surface area contributed by atoms with E-state index >= 15 is 0 Å². The lowest BCUT2D eigenvalue weighted by Crippen LogP contribution is -2.38. The minimum Gasteiger partial charge on any atom is -0.454 e. The van der Waals surface area contributed by atoms with E-state index in [1.807, 2.05) is 61.5 Å². The molecule has 0 saturated carbocycles. The molecule has 36 heavy (non-hydrogen) atoms. The molecule has 0 atom stereocenters. The molecule has 3 aromatic carbocycles. The van der Waals surface area contributed by atoms with Gasteiger partial charge in [-0.1, -0.05) is 41.7 Å². The second kappa shape index (κ2) is 9.42. The Kier molecular flexibility index (Phi) is 6.29. The van der Waals surface area contributed by atoms with E-state index in [9.17, 15) is 9.59 Å². The molecule has 0 fully saturated rings. The van der Waals surface area contributed by atoms with Gasteiger partial charge in [-0.3, -0.25) is 9.69 Å². The Morgan fingerprint density at radius 3 is 2.58 bits per heavy atom. The number of fused-ring (bicyclic) bond motifs is 5. The first kappa shape index (κ1) is 24.1. The highest BCUT2D eigenvalue weighted by atomic mass is 35.5. The van der Waals surface area contributed by atoms with Crippen LogP contribution in [-0.4, -0.2) is 49.8 Å². The van der Waals surface area contributed by atoms with Crippen LogP contribution in [-0.2, 0) is 0 Å². The van der Waals surface area contributed by atoms with Crippen molar-refractivity contribution in [3.8, 4) is 11.5 Å². The summed E-state index contributed by atoms with van der Waals surface area (Å²) in [4.78, 5) is 34.9. The number of benzene rings is 3. The van der Waals surface area contributed by atoms with Crippen molar-refractivity contribution in [2.24, 2.45) is 0 Å². The van der Waals surface area contributed by atoms with Crippen molar-refractivity contribution in [2.45, 2.75) is 0 Å². The van der Waals surface area contributed by atoms with E-state index in [2.05, 4.69) is 0 Å². The predicted octanol–water partition coefficient (Wildman–Crippen LogP) is 4.91. The maximum atomic E-state index is 13.8. The molecule has 0 N–H and O–H groups in total. The van der Waals surface area contributed by atoms with Gasteiger partial charge in [0.15, 0.2) is 16.6 Å². The summed E-state index contributed by atoms with van der Waals surface area (Å²) < 4.78 is 17.4. The fourth-order valence-electron chi connectivity index (χ4n) is 4.17. The maximum absolute atomic E-state index is 13.8. The molecule has 0 unspecified atom stereocenters. The Bertz CT molecular complexity index is 1640. The third-order valence-electron chi connectivity index (χ3n) is 5.99. The number of hydrogen-bond acceptors (Lipinski definition) is 8. The van der Waals surface area contributed by atoms with Crippen LogP contribution in [0.2, 0.25) is 0 Å². The second-order valence-corrected chi connectivity index (χ2v) is 9.58. The van der Waals surface area contributed by atoms with Crippen LogP contribution in [0, 0.1) is 0 Å². The zero-order valence-electron chi connectivity index (χ0n) is 19.5. The Labute approximate surface area is 216 Å². The van der Waals surface area contributed by atoms with Crippen molar-refractivity contribution in [3.05, 3.63) is 70.6 Å². The number of ether oxygens (including phenoxy) is 2. The van der Waals surface area contributed by atoms with Crippen molar-refractivity contribution in [1.82, 2.24) is 9.88 Å². The molecule has 0 bridgehead atoms. The number of hydrogen-bond donors (Lipinski definition) is 0. The third-order valence-corrected chi connectivity index (χ3v) is 7.03. The van der Waals surface area contributed by atoms with Crippen LogP contribution in [0.4, 0.5) is 5.13 Å². The minimum absolute atomic E-state index is 0. The smallest absolute Gasteiger partial charge is 0.349 e. The molecule has 0 aliphatic carbocycles. The van der Waals surface area contributed by atoms with Crippen LogP contribution >= 0.6 is 23.7 Å². The summed E-state index contributed by atoms with van der Waals surface area (Å²) in [5.74, 6) is 0.832. The molecular formula is C26H22ClN3O5S. The van der Waals surface area contributed by atoms with Crippen molar-refractivity contribution in [2.75, 3.05) is 38.9 Å². The maximum Gasteiger partial charge on any atom is 0.349 e. The van der Waals surface area contributed by atoms with Gasteiger partial charge in [0.05, 0.1) is 10.2 Å². The largest absolute Gasteiger partial charge is 0.454 e. The molecule has 0 saturated heterocycles. The first-order valence-electron chi connectivity index (χ1n) is 11.1. The lowest BCUT2D eigenvalue weighted by molar-refractivity contribution is 0.0982. The molecule has 0 radical (unpaired) electrons. The Morgan fingerprint density at radius 1 is 1.00 bits per heavy atom. The molecule has 8 nitrogen and oxygen atoms in total. The Balaban J connectivity index is 0.00000267. The number of likely N-dealkylation sites (N-methyl/N-ethyl adjacent to an activating group) is 1. The fourth-order valence-corrected chi connectivity index (χ4v) is 5.17. The first-order chi connectivity index (χ1) is 17.0. The van der Waals surface area contributed by atoms with E-state index in [0.29, 0.717) is 46.2 Å². The van der Waals surface area contributed by atoms with Gasteiger partial charge in [0.25, 0.3) is 5.91 Å². The average Bonchev–Trinajstić information content (AvgIpc) is 3.47. The van der Waals surface area contributed by atoms with Gasteiger partial charge in [-0.2, -0.15) is 0 Å². The van der Waals surface area contributed by atoms with Gasteiger partial charge in [0, 0.05) is 30.6 Å². The van der Waals surface area contributed by atoms with Crippen LogP contribution in [0.15, 0.2) is 63.8 Å². The second-order valence-electron chi connectivity index (χ2n) is 8.58. The van der Waals surface area contributed by atoms with Crippen molar-refractivity contribution >= 4 is 66.7 Å². The first-order valence-corrected chi connectivity index (χ1v) is 11.9. The van der Waals surface area contributed by atoms with Crippen molar-refractivity contribution < 1.29 is 18.7 Å². The van der Waals surface area contributed by atoms with Crippen molar-refractivity contribution in [3.63, 3.8) is 0 Å². The van der Waals surface area contributed by atoms with E-state index in [1.165, 1.54) is 11.3 Å². The SMILES string of the molecule is CN(C)CCN(C(=O)c1cc2c(ccc3ccccc32)oc1=O)c1nc2cc3c(cc2s1)OCO3.Cl. The highest BCUT2D eigenvalue weighted by Crippen LogP contribution is 2.40. The number of aromatic nitrogens is 1. The lowest BCUT2D eigenvalue weighted by Gasteiger charge is -2.21. The summed E-state index contributed by atoms with van der Waals surface area (Å²) in [6.45, 7) is 1.12. The molecule has 6 rings (SSSR count). The number of amides is 1. The van der Waals surface area contributed by atoms with Crippen LogP contribution in [0.3, 0.4) is 0 Å². The van der Waals surface area contributed by atoms with Gasteiger partial charge in [-0.15, -0.1) is 12.4 Å². The quantitative estimate of drug-likeness (QED) is 0.239. The van der Waals surface area contributed by atoms with Crippen LogP contribution in [0.5, 0.6) is 11.5 Å². The molecule has 10 heteroatoms. The van der Waals surface area contributed by atoms with Gasteiger partial charge < -0.3 is 18.8 Å². The molecule has 5 aromatic rings. The van der Waals surface area contributed by atoms with Gasteiger partial charge in [0.2, 0.25) is 6.79 Å². The zero-order valence-corrected chi connectivity index (χ0v) is 21.1. The number of halogens is 1. The van der Waals surface area contributed by atoms with E-state index in [4.69, 9.17) is 18.9 Å². The monoisotopic (exact) mass is 523 g/mol. The molecule has 3 heterocycles. The standard InChI is InChI=1S/C26H21N3O5S.ClH/c1-28(2)9-10-29(26-27-19-12-21-22(33-14-32-21)13-23(19)35-26)24(30)18-11-17-16-6-4-3-5-15(16)7-8-20(17)34-25(18)31;/h3-8,11-13H,9-10,14H2,1-2H3;1H. The van der Waals surface area contributed by atoms with Gasteiger partial charge in [-0.25, -0.2) is 9.78 Å². The average molecular weight is 524 g/mol. The number of carbonyl (C=O) groups is 1. The molecular weight excluding hydrogens is 502 g/mol. The number of rotatable bonds is 5. The molecule has 1 amide bonds. The highest BCUT2D eigenvalue weighted by molar-refractivity contribution is 7.22. The molecule has 184 valence electrons. The molecule has 1 aliphatic rings. The van der Waals surface area contributed by atoms with Gasteiger partial charge >= 0.3 is 5.63 Å². The lowest BCUT2D eigenvalue weighted by atomic mass is 10.0. The van der Waals surface area contributed by atoms with Crippen LogP contribution < -0.4 is 20.0 Å². The third kappa shape index (κ3) is 4.15. The van der Waals surface area contributed by atoms with E-state index in [1.54, 1.807) is 17.0 Å². The van der Waals surface area contributed by atoms with E-state index < -0.39 is 11.5 Å². The number of anilines is 1. The summed E-state index contributed by atoms with van der Waals surface area (Å²) in [6, 6.07) is 16.8. The summed E-state index contributed by atoms with van der Waals surface area (Å²) in [5.41, 5.74) is 0.448. The van der Waals surface area contributed by atoms with Gasteiger partial charge in [-0.05, 0) is 37.0 Å². The number of thiazole rings is 1. The number of nitrogens with zero attached hydrogens (tertiary/aromatic N) is 3. The molecule has 0 spiro atoms.